The number of hydrogen-bond donors (Lipinski definition) is 1. The lowest BCUT2D eigenvalue weighted by Crippen LogP contribution is -2.54. The maximum absolute atomic E-state index is 14.6. The number of amides is 2. The molecule has 12 heteroatoms. The van der Waals surface area contributed by atoms with E-state index in [2.05, 4.69) is 21.2 Å². The molecule has 0 unspecified atom stereocenters. The second-order valence-electron chi connectivity index (χ2n) is 11.0. The Bertz CT molecular complexity index is 1790. The van der Waals surface area contributed by atoms with Crippen molar-refractivity contribution in [2.75, 3.05) is 25.1 Å². The number of sulfonamides is 1. The summed E-state index contributed by atoms with van der Waals surface area (Å²) in [7, 11) is -1.50. The zero-order valence-corrected chi connectivity index (χ0v) is 29.7. The van der Waals surface area contributed by atoms with E-state index in [0.29, 0.717) is 10.8 Å². The van der Waals surface area contributed by atoms with Gasteiger partial charge in [-0.3, -0.25) is 13.9 Å². The van der Waals surface area contributed by atoms with Crippen molar-refractivity contribution in [3.63, 3.8) is 0 Å². The molecule has 47 heavy (non-hydrogen) atoms. The van der Waals surface area contributed by atoms with Crippen LogP contribution in [0.15, 0.2) is 106 Å². The monoisotopic (exact) mass is 741 g/mol. The van der Waals surface area contributed by atoms with Crippen molar-refractivity contribution in [2.24, 2.45) is 0 Å². The summed E-state index contributed by atoms with van der Waals surface area (Å²) in [6.45, 7) is 3.13. The van der Waals surface area contributed by atoms with E-state index in [-0.39, 0.29) is 41.2 Å². The van der Waals surface area contributed by atoms with Crippen molar-refractivity contribution >= 4 is 55.1 Å². The molecule has 2 amide bonds. The van der Waals surface area contributed by atoms with Gasteiger partial charge in [0.2, 0.25) is 11.8 Å². The van der Waals surface area contributed by atoms with Crippen molar-refractivity contribution in [1.29, 1.82) is 0 Å². The summed E-state index contributed by atoms with van der Waals surface area (Å²) in [5.41, 5.74) is 1.81. The summed E-state index contributed by atoms with van der Waals surface area (Å²) in [5, 5.41) is 3.35. The van der Waals surface area contributed by atoms with Crippen molar-refractivity contribution in [1.82, 2.24) is 10.2 Å². The van der Waals surface area contributed by atoms with E-state index in [1.165, 1.54) is 49.5 Å². The maximum Gasteiger partial charge on any atom is 0.264 e. The molecule has 4 aromatic carbocycles. The average Bonchev–Trinajstić information content (AvgIpc) is 3.05. The van der Waals surface area contributed by atoms with Crippen LogP contribution in [-0.4, -0.2) is 58.0 Å². The van der Waals surface area contributed by atoms with E-state index in [9.17, 15) is 18.0 Å². The number of rotatable bonds is 14. The van der Waals surface area contributed by atoms with E-state index in [0.717, 1.165) is 19.9 Å². The number of carbonyl (C=O) groups is 2. The summed E-state index contributed by atoms with van der Waals surface area (Å²) in [5.74, 6) is -0.377. The molecule has 4 rings (SSSR count). The molecule has 1 N–H and O–H groups in total. The quantitative estimate of drug-likeness (QED) is 0.159. The molecule has 0 heterocycles. The van der Waals surface area contributed by atoms with Gasteiger partial charge in [-0.1, -0.05) is 70.0 Å². The largest absolute Gasteiger partial charge is 0.493 e. The molecular formula is C35H37BrClN3O6S. The van der Waals surface area contributed by atoms with Crippen LogP contribution in [0.1, 0.15) is 25.0 Å². The molecule has 0 aromatic heterocycles. The van der Waals surface area contributed by atoms with Gasteiger partial charge in [0.1, 0.15) is 12.6 Å². The smallest absolute Gasteiger partial charge is 0.264 e. The van der Waals surface area contributed by atoms with Crippen molar-refractivity contribution in [2.45, 2.75) is 43.8 Å². The molecule has 9 nitrogen and oxygen atoms in total. The minimum absolute atomic E-state index is 0.0478. The van der Waals surface area contributed by atoms with E-state index in [1.807, 2.05) is 68.4 Å². The standard InChI is InChI=1S/C35H37BrClN3O6S/c1-24(2)38-35(42)31(20-25-9-6-5-7-10-25)39(22-26-11-8-12-27(36)19-26)34(41)23-40(29-15-13-28(37)14-16-29)47(43,44)30-17-18-32(45-3)33(21-30)46-4/h5-19,21,24,31H,20,22-23H2,1-4H3,(H,38,42)/t31-/m0/s1. The van der Waals surface area contributed by atoms with E-state index >= 15 is 0 Å². The molecule has 0 fully saturated rings. The van der Waals surface area contributed by atoms with E-state index in [1.54, 1.807) is 12.1 Å². The molecule has 1 atom stereocenters. The molecule has 0 spiro atoms. The number of benzene rings is 4. The first kappa shape index (κ1) is 35.8. The number of methoxy groups -OCH3 is 2. The van der Waals surface area contributed by atoms with Gasteiger partial charge in [0.25, 0.3) is 10.0 Å². The van der Waals surface area contributed by atoms with Crippen LogP contribution in [0, 0.1) is 0 Å². The van der Waals surface area contributed by atoms with Crippen LogP contribution < -0.4 is 19.1 Å². The fourth-order valence-electron chi connectivity index (χ4n) is 5.01. The molecule has 0 radical (unpaired) electrons. The third kappa shape index (κ3) is 9.27. The SMILES string of the molecule is COc1ccc(S(=O)(=O)N(CC(=O)N(Cc2cccc(Br)c2)[C@@H](Cc2ccccc2)C(=O)NC(C)C)c2ccc(Cl)cc2)cc1OC. The molecule has 0 saturated carbocycles. The first-order chi connectivity index (χ1) is 22.4. The minimum Gasteiger partial charge on any atom is -0.493 e. The Hall–Kier alpha value is -4.06. The Morgan fingerprint density at radius 1 is 0.851 bits per heavy atom. The van der Waals surface area contributed by atoms with Crippen molar-refractivity contribution in [3.05, 3.63) is 118 Å². The number of anilines is 1. The normalized spacial score (nSPS) is 11.9. The van der Waals surface area contributed by atoms with E-state index in [4.69, 9.17) is 21.1 Å². The number of ether oxygens (including phenoxy) is 2. The summed E-state index contributed by atoms with van der Waals surface area (Å²) in [4.78, 5) is 29.7. The van der Waals surface area contributed by atoms with Gasteiger partial charge < -0.3 is 19.7 Å². The molecule has 4 aromatic rings. The predicted octanol–water partition coefficient (Wildman–Crippen LogP) is 6.48. The van der Waals surface area contributed by atoms with Gasteiger partial charge in [-0.25, -0.2) is 8.42 Å². The van der Waals surface area contributed by atoms with Gasteiger partial charge in [-0.05, 0) is 73.5 Å². The van der Waals surface area contributed by atoms with Crippen molar-refractivity contribution in [3.8, 4) is 11.5 Å². The highest BCUT2D eigenvalue weighted by Gasteiger charge is 2.35. The van der Waals surface area contributed by atoms with Crippen LogP contribution in [0.2, 0.25) is 5.02 Å². The number of halogens is 2. The Morgan fingerprint density at radius 2 is 1.51 bits per heavy atom. The highest BCUT2D eigenvalue weighted by molar-refractivity contribution is 9.10. The highest BCUT2D eigenvalue weighted by atomic mass is 79.9. The zero-order chi connectivity index (χ0) is 34.1. The van der Waals surface area contributed by atoms with Crippen molar-refractivity contribution < 1.29 is 27.5 Å². The second-order valence-corrected chi connectivity index (χ2v) is 14.2. The van der Waals surface area contributed by atoms with Crippen LogP contribution in [0.3, 0.4) is 0 Å². The van der Waals surface area contributed by atoms with E-state index < -0.39 is 28.5 Å². The summed E-state index contributed by atoms with van der Waals surface area (Å²) < 4.78 is 41.1. The molecule has 248 valence electrons. The lowest BCUT2D eigenvalue weighted by molar-refractivity contribution is -0.140. The van der Waals surface area contributed by atoms with Gasteiger partial charge in [0.05, 0.1) is 24.8 Å². The summed E-state index contributed by atoms with van der Waals surface area (Å²) in [6, 6.07) is 26.0. The maximum atomic E-state index is 14.6. The van der Waals surface area contributed by atoms with Gasteiger partial charge >= 0.3 is 0 Å². The zero-order valence-electron chi connectivity index (χ0n) is 26.5. The van der Waals surface area contributed by atoms with Crippen LogP contribution in [-0.2, 0) is 32.6 Å². The highest BCUT2D eigenvalue weighted by Crippen LogP contribution is 2.33. The first-order valence-corrected chi connectivity index (χ1v) is 17.4. The Labute approximate surface area is 289 Å². The fraction of sp³-hybridized carbons (Fsp3) is 0.257. The number of hydrogen-bond acceptors (Lipinski definition) is 6. The second kappa shape index (κ2) is 16.2. The van der Waals surface area contributed by atoms with Crippen LogP contribution in [0.4, 0.5) is 5.69 Å². The van der Waals surface area contributed by atoms with Gasteiger partial charge in [-0.15, -0.1) is 0 Å². The minimum atomic E-state index is -4.36. The predicted molar refractivity (Wildman–Crippen MR) is 187 cm³/mol. The number of nitrogens with zero attached hydrogens (tertiary/aromatic N) is 2. The number of nitrogens with one attached hydrogen (secondary N) is 1. The molecule has 0 saturated heterocycles. The molecule has 0 bridgehead atoms. The van der Waals surface area contributed by atoms with Crippen LogP contribution >= 0.6 is 27.5 Å². The number of carbonyl (C=O) groups excluding carboxylic acids is 2. The van der Waals surface area contributed by atoms with Gasteiger partial charge in [0.15, 0.2) is 11.5 Å². The molecular weight excluding hydrogens is 706 g/mol. The Kier molecular flexibility index (Phi) is 12.3. The lowest BCUT2D eigenvalue weighted by Gasteiger charge is -2.34. The van der Waals surface area contributed by atoms with Gasteiger partial charge in [-0.2, -0.15) is 0 Å². The summed E-state index contributed by atoms with van der Waals surface area (Å²) in [6.07, 6.45) is 0.211. The molecule has 0 aliphatic heterocycles. The first-order valence-electron chi connectivity index (χ1n) is 14.8. The lowest BCUT2D eigenvalue weighted by atomic mass is 10.0. The summed E-state index contributed by atoms with van der Waals surface area (Å²) >= 11 is 9.64. The van der Waals surface area contributed by atoms with Gasteiger partial charge in [0, 0.05) is 34.6 Å². The van der Waals surface area contributed by atoms with Crippen LogP contribution in [0.5, 0.6) is 11.5 Å². The molecule has 0 aliphatic rings. The third-order valence-electron chi connectivity index (χ3n) is 7.28. The Morgan fingerprint density at radius 3 is 2.13 bits per heavy atom. The average molecular weight is 743 g/mol. The van der Waals surface area contributed by atoms with Crippen LogP contribution in [0.25, 0.3) is 0 Å². The molecule has 0 aliphatic carbocycles. The topological polar surface area (TPSA) is 105 Å². The fourth-order valence-corrected chi connectivity index (χ4v) is 7.01. The Balaban J connectivity index is 1.83. The third-order valence-corrected chi connectivity index (χ3v) is 9.80.